The summed E-state index contributed by atoms with van der Waals surface area (Å²) < 4.78 is 6.15. The van der Waals surface area contributed by atoms with E-state index in [0.717, 1.165) is 25.0 Å². The molecule has 0 radical (unpaired) electrons. The predicted octanol–water partition coefficient (Wildman–Crippen LogP) is 4.12. The molecular weight excluding hydrogens is 254 g/mol. The first-order chi connectivity index (χ1) is 9.10. The summed E-state index contributed by atoms with van der Waals surface area (Å²) in [5.41, 5.74) is 1.38. The Kier molecular flexibility index (Phi) is 5.43. The van der Waals surface area contributed by atoms with E-state index in [9.17, 15) is 0 Å². The van der Waals surface area contributed by atoms with Crippen LogP contribution in [0, 0.1) is 18.8 Å². The lowest BCUT2D eigenvalue weighted by molar-refractivity contribution is -0.00749. The second-order valence-electron chi connectivity index (χ2n) is 6.03. The molecule has 1 fully saturated rings. The lowest BCUT2D eigenvalue weighted by atomic mass is 9.80. The summed E-state index contributed by atoms with van der Waals surface area (Å²) in [7, 11) is 2.00. The second kappa shape index (κ2) is 6.87. The van der Waals surface area contributed by atoms with Crippen LogP contribution in [0.2, 0.25) is 0 Å². The van der Waals surface area contributed by atoms with Crippen LogP contribution < -0.4 is 5.32 Å². The molecule has 108 valence electrons. The summed E-state index contributed by atoms with van der Waals surface area (Å²) >= 11 is 1.88. The molecule has 1 aliphatic rings. The van der Waals surface area contributed by atoms with Gasteiger partial charge >= 0.3 is 0 Å². The van der Waals surface area contributed by atoms with Gasteiger partial charge in [-0.15, -0.1) is 11.3 Å². The fourth-order valence-electron chi connectivity index (χ4n) is 2.85. The van der Waals surface area contributed by atoms with Gasteiger partial charge < -0.3 is 10.1 Å². The summed E-state index contributed by atoms with van der Waals surface area (Å²) in [6, 6.07) is 2.30. The highest BCUT2D eigenvalue weighted by molar-refractivity contribution is 7.12. The van der Waals surface area contributed by atoms with Crippen molar-refractivity contribution in [1.29, 1.82) is 0 Å². The zero-order chi connectivity index (χ0) is 13.8. The predicted molar refractivity (Wildman–Crippen MR) is 82.6 cm³/mol. The maximum Gasteiger partial charge on any atom is 0.0731 e. The van der Waals surface area contributed by atoms with Gasteiger partial charge in [-0.25, -0.2) is 0 Å². The van der Waals surface area contributed by atoms with Gasteiger partial charge in [0.05, 0.1) is 12.7 Å². The summed E-state index contributed by atoms with van der Waals surface area (Å²) in [5.74, 6) is 1.67. The Morgan fingerprint density at radius 3 is 2.79 bits per heavy atom. The van der Waals surface area contributed by atoms with E-state index in [1.807, 2.05) is 18.4 Å². The summed E-state index contributed by atoms with van der Waals surface area (Å²) in [6.07, 6.45) is 4.25. The third-order valence-corrected chi connectivity index (χ3v) is 5.54. The quantitative estimate of drug-likeness (QED) is 0.876. The average Bonchev–Trinajstić information content (AvgIpc) is 2.72. The van der Waals surface area contributed by atoms with Gasteiger partial charge in [0.15, 0.2) is 0 Å². The molecule has 0 aliphatic heterocycles. The van der Waals surface area contributed by atoms with Gasteiger partial charge in [0.2, 0.25) is 0 Å². The first kappa shape index (κ1) is 15.0. The van der Waals surface area contributed by atoms with E-state index in [4.69, 9.17) is 4.74 Å². The molecule has 2 nitrogen and oxygen atoms in total. The fourth-order valence-corrected chi connectivity index (χ4v) is 3.91. The standard InChI is InChI=1S/C16H27NOS/c1-11-5-6-15(7-12(11)2)18-10-14-8-16(9-17-4)19-13(14)3/h8,11-12,15,17H,5-7,9-10H2,1-4H3. The lowest BCUT2D eigenvalue weighted by Gasteiger charge is -2.31. The van der Waals surface area contributed by atoms with E-state index in [0.29, 0.717) is 6.10 Å². The number of hydrogen-bond acceptors (Lipinski definition) is 3. The largest absolute Gasteiger partial charge is 0.373 e. The van der Waals surface area contributed by atoms with Gasteiger partial charge in [-0.2, -0.15) is 0 Å². The Morgan fingerprint density at radius 1 is 1.32 bits per heavy atom. The third-order valence-electron chi connectivity index (χ3n) is 4.45. The van der Waals surface area contributed by atoms with Crippen molar-refractivity contribution in [3.05, 3.63) is 21.4 Å². The molecule has 1 aromatic heterocycles. The van der Waals surface area contributed by atoms with E-state index in [2.05, 4.69) is 32.2 Å². The Bertz CT molecular complexity index is 401. The molecule has 0 aromatic carbocycles. The molecule has 1 heterocycles. The Balaban J connectivity index is 1.85. The molecule has 19 heavy (non-hydrogen) atoms. The Hall–Kier alpha value is -0.380. The van der Waals surface area contributed by atoms with E-state index < -0.39 is 0 Å². The highest BCUT2D eigenvalue weighted by atomic mass is 32.1. The fraction of sp³-hybridized carbons (Fsp3) is 0.750. The molecule has 3 heteroatoms. The smallest absolute Gasteiger partial charge is 0.0731 e. The molecule has 0 bridgehead atoms. The highest BCUT2D eigenvalue weighted by Gasteiger charge is 2.25. The minimum Gasteiger partial charge on any atom is -0.373 e. The summed E-state index contributed by atoms with van der Waals surface area (Å²) in [5, 5.41) is 3.21. The molecule has 2 rings (SSSR count). The molecule has 0 saturated heterocycles. The first-order valence-electron chi connectivity index (χ1n) is 7.44. The molecular formula is C16H27NOS. The Labute approximate surface area is 121 Å². The minimum absolute atomic E-state index is 0.471. The van der Waals surface area contributed by atoms with Crippen molar-refractivity contribution in [2.75, 3.05) is 7.05 Å². The van der Waals surface area contributed by atoms with Crippen LogP contribution in [0.5, 0.6) is 0 Å². The van der Waals surface area contributed by atoms with Crippen LogP contribution in [0.1, 0.15) is 48.4 Å². The van der Waals surface area contributed by atoms with Crippen molar-refractivity contribution in [1.82, 2.24) is 5.32 Å². The number of ether oxygens (including phenoxy) is 1. The van der Waals surface area contributed by atoms with Crippen LogP contribution >= 0.6 is 11.3 Å². The van der Waals surface area contributed by atoms with E-state index in [1.165, 1.54) is 34.6 Å². The molecule has 0 spiro atoms. The lowest BCUT2D eigenvalue weighted by Crippen LogP contribution is -2.26. The first-order valence-corrected chi connectivity index (χ1v) is 8.26. The normalized spacial score (nSPS) is 27.7. The van der Waals surface area contributed by atoms with E-state index >= 15 is 0 Å². The number of aryl methyl sites for hydroxylation is 1. The highest BCUT2D eigenvalue weighted by Crippen LogP contribution is 2.32. The van der Waals surface area contributed by atoms with Crippen molar-refractivity contribution < 1.29 is 4.74 Å². The number of hydrogen-bond donors (Lipinski definition) is 1. The molecule has 1 N–H and O–H groups in total. The number of nitrogens with one attached hydrogen (secondary N) is 1. The van der Waals surface area contributed by atoms with Crippen LogP contribution in [0.3, 0.4) is 0 Å². The van der Waals surface area contributed by atoms with E-state index in [-0.39, 0.29) is 0 Å². The molecule has 1 aliphatic carbocycles. The Morgan fingerprint density at radius 2 is 2.11 bits per heavy atom. The van der Waals surface area contributed by atoms with Gasteiger partial charge in [-0.1, -0.05) is 13.8 Å². The second-order valence-corrected chi connectivity index (χ2v) is 7.37. The van der Waals surface area contributed by atoms with Crippen molar-refractivity contribution in [2.24, 2.45) is 11.8 Å². The SMILES string of the molecule is CNCc1cc(COC2CCC(C)C(C)C2)c(C)s1. The van der Waals surface area contributed by atoms with E-state index in [1.54, 1.807) is 0 Å². The zero-order valence-corrected chi connectivity index (χ0v) is 13.5. The van der Waals surface area contributed by atoms with Crippen molar-refractivity contribution in [2.45, 2.75) is 59.3 Å². The van der Waals surface area contributed by atoms with Crippen LogP contribution in [-0.4, -0.2) is 13.2 Å². The molecule has 1 saturated carbocycles. The van der Waals surface area contributed by atoms with Crippen molar-refractivity contribution in [3.63, 3.8) is 0 Å². The van der Waals surface area contributed by atoms with Crippen LogP contribution in [0.15, 0.2) is 6.07 Å². The topological polar surface area (TPSA) is 21.3 Å². The van der Waals surface area contributed by atoms with Gasteiger partial charge in [-0.3, -0.25) is 0 Å². The maximum absolute atomic E-state index is 6.15. The molecule has 3 unspecified atom stereocenters. The third kappa shape index (κ3) is 4.04. The summed E-state index contributed by atoms with van der Waals surface area (Å²) in [6.45, 7) is 8.68. The molecule has 3 atom stereocenters. The average molecular weight is 281 g/mol. The number of thiophene rings is 1. The van der Waals surface area contributed by atoms with Gasteiger partial charge in [0, 0.05) is 16.3 Å². The minimum atomic E-state index is 0.471. The van der Waals surface area contributed by atoms with Gasteiger partial charge in [0.25, 0.3) is 0 Å². The van der Waals surface area contributed by atoms with Gasteiger partial charge in [-0.05, 0) is 56.7 Å². The monoisotopic (exact) mass is 281 g/mol. The van der Waals surface area contributed by atoms with Crippen LogP contribution in [0.4, 0.5) is 0 Å². The van der Waals surface area contributed by atoms with Crippen LogP contribution in [-0.2, 0) is 17.9 Å². The number of rotatable bonds is 5. The van der Waals surface area contributed by atoms with Crippen molar-refractivity contribution >= 4 is 11.3 Å². The zero-order valence-electron chi connectivity index (χ0n) is 12.7. The molecule has 0 amide bonds. The van der Waals surface area contributed by atoms with Crippen molar-refractivity contribution in [3.8, 4) is 0 Å². The molecule has 1 aromatic rings. The maximum atomic E-state index is 6.15. The summed E-state index contributed by atoms with van der Waals surface area (Å²) in [4.78, 5) is 2.81. The van der Waals surface area contributed by atoms with Crippen LogP contribution in [0.25, 0.3) is 0 Å². The van der Waals surface area contributed by atoms with Gasteiger partial charge in [0.1, 0.15) is 0 Å².